The van der Waals surface area contributed by atoms with E-state index in [0.29, 0.717) is 33.9 Å². The molecule has 1 atom stereocenters. The molecule has 1 heterocycles. The molecule has 1 unspecified atom stereocenters. The first-order valence-electron chi connectivity index (χ1n) is 22.0. The van der Waals surface area contributed by atoms with Crippen molar-refractivity contribution in [3.05, 3.63) is 106 Å². The van der Waals surface area contributed by atoms with Gasteiger partial charge in [0, 0.05) is 41.1 Å². The first kappa shape index (κ1) is 49.8. The zero-order valence-corrected chi connectivity index (χ0v) is 37.3. The summed E-state index contributed by atoms with van der Waals surface area (Å²) < 4.78 is 20.1. The number of allylic oxidation sites excluding steroid dienone is 2. The van der Waals surface area contributed by atoms with Gasteiger partial charge in [-0.1, -0.05) is 110 Å². The van der Waals surface area contributed by atoms with Crippen LogP contribution in [0.4, 0.5) is 4.39 Å². The SMILES string of the molecule is CC/C=C(/C)CC(C)CC.CCCC(CCC)c1cccc(OCc2ccc(C(=O)C3CC3)cc2F)n1.CCCCC1(CC#N)CC1.Cc1ccc(C(=O)O)cc1C. The molecule has 2 fully saturated rings. The van der Waals surface area contributed by atoms with Crippen molar-refractivity contribution in [1.29, 1.82) is 5.26 Å². The average Bonchev–Trinajstić information content (AvgIpc) is 4.16. The number of aromatic carboxylic acids is 1. The number of unbranched alkanes of at least 4 members (excludes halogenated alkanes) is 1. The highest BCUT2D eigenvalue weighted by Crippen LogP contribution is 2.52. The number of aryl methyl sites for hydroxylation is 2. The maximum atomic E-state index is 14.4. The number of hydrogen-bond acceptors (Lipinski definition) is 5. The van der Waals surface area contributed by atoms with Gasteiger partial charge in [0.15, 0.2) is 5.78 Å². The van der Waals surface area contributed by atoms with Crippen LogP contribution in [-0.2, 0) is 6.61 Å². The second-order valence-corrected chi connectivity index (χ2v) is 16.6. The van der Waals surface area contributed by atoms with Gasteiger partial charge in [0.1, 0.15) is 12.4 Å². The number of hydrogen-bond donors (Lipinski definition) is 1. The van der Waals surface area contributed by atoms with Gasteiger partial charge in [0.25, 0.3) is 0 Å². The van der Waals surface area contributed by atoms with Crippen LogP contribution in [0.3, 0.4) is 0 Å². The predicted octanol–water partition coefficient (Wildman–Crippen LogP) is 14.7. The van der Waals surface area contributed by atoms with Crippen LogP contribution in [-0.4, -0.2) is 21.8 Å². The lowest BCUT2D eigenvalue weighted by molar-refractivity contribution is 0.0696. The molecule has 318 valence electrons. The molecule has 0 spiro atoms. The minimum Gasteiger partial charge on any atom is -0.478 e. The van der Waals surface area contributed by atoms with Gasteiger partial charge in [-0.3, -0.25) is 4.79 Å². The third kappa shape index (κ3) is 18.5. The molecule has 7 heteroatoms. The van der Waals surface area contributed by atoms with Crippen molar-refractivity contribution >= 4 is 11.8 Å². The van der Waals surface area contributed by atoms with Crippen LogP contribution >= 0.6 is 0 Å². The van der Waals surface area contributed by atoms with Crippen molar-refractivity contribution < 1.29 is 23.8 Å². The number of halogens is 1. The summed E-state index contributed by atoms with van der Waals surface area (Å²) >= 11 is 0. The summed E-state index contributed by atoms with van der Waals surface area (Å²) in [7, 11) is 0. The van der Waals surface area contributed by atoms with Gasteiger partial charge in [-0.2, -0.15) is 5.26 Å². The fourth-order valence-electron chi connectivity index (χ4n) is 6.84. The number of benzene rings is 2. The highest BCUT2D eigenvalue weighted by atomic mass is 19.1. The van der Waals surface area contributed by atoms with E-state index < -0.39 is 11.8 Å². The molecule has 1 N–H and O–H groups in total. The Labute approximate surface area is 350 Å². The van der Waals surface area contributed by atoms with E-state index in [2.05, 4.69) is 65.6 Å². The fraction of sp³-hybridized carbons (Fsp3) is 0.569. The number of ketones is 1. The van der Waals surface area contributed by atoms with Gasteiger partial charge >= 0.3 is 5.97 Å². The zero-order valence-electron chi connectivity index (χ0n) is 37.3. The molecule has 0 aliphatic heterocycles. The van der Waals surface area contributed by atoms with E-state index in [4.69, 9.17) is 15.1 Å². The number of carboxylic acid groups (broad SMARTS) is 1. The summed E-state index contributed by atoms with van der Waals surface area (Å²) in [5, 5.41) is 17.1. The fourth-order valence-corrected chi connectivity index (χ4v) is 6.84. The van der Waals surface area contributed by atoms with Crippen molar-refractivity contribution in [2.24, 2.45) is 17.3 Å². The molecule has 58 heavy (non-hydrogen) atoms. The van der Waals surface area contributed by atoms with Gasteiger partial charge in [-0.25, -0.2) is 14.2 Å². The smallest absolute Gasteiger partial charge is 0.335 e. The van der Waals surface area contributed by atoms with E-state index in [0.717, 1.165) is 67.7 Å². The number of nitrogens with zero attached hydrogens (tertiary/aromatic N) is 2. The maximum absolute atomic E-state index is 14.4. The van der Waals surface area contributed by atoms with Crippen LogP contribution in [0.15, 0.2) is 66.2 Å². The van der Waals surface area contributed by atoms with Gasteiger partial charge in [0.05, 0.1) is 11.6 Å². The van der Waals surface area contributed by atoms with Crippen LogP contribution in [0.25, 0.3) is 0 Å². The normalized spacial score (nSPS) is 14.3. The third-order valence-electron chi connectivity index (χ3n) is 11.2. The van der Waals surface area contributed by atoms with Crippen molar-refractivity contribution in [1.82, 2.24) is 4.98 Å². The van der Waals surface area contributed by atoms with E-state index in [9.17, 15) is 14.0 Å². The number of nitriles is 1. The Morgan fingerprint density at radius 1 is 0.966 bits per heavy atom. The molecular weight excluding hydrogens is 724 g/mol. The molecule has 5 rings (SSSR count). The molecule has 0 bridgehead atoms. The lowest BCUT2D eigenvalue weighted by atomic mass is 9.94. The Bertz CT molecular complexity index is 1760. The Morgan fingerprint density at radius 3 is 2.16 bits per heavy atom. The van der Waals surface area contributed by atoms with Crippen molar-refractivity contribution in [3.63, 3.8) is 0 Å². The third-order valence-corrected chi connectivity index (χ3v) is 11.2. The first-order valence-corrected chi connectivity index (χ1v) is 22.0. The summed E-state index contributed by atoms with van der Waals surface area (Å²) in [6.45, 7) is 19.5. The van der Waals surface area contributed by atoms with Crippen LogP contribution in [0.2, 0.25) is 0 Å². The largest absolute Gasteiger partial charge is 0.478 e. The molecule has 2 saturated carbocycles. The molecule has 1 aromatic heterocycles. The van der Waals surface area contributed by atoms with Crippen LogP contribution < -0.4 is 4.74 Å². The molecular formula is C51H73FN2O4. The lowest BCUT2D eigenvalue weighted by Crippen LogP contribution is -2.06. The minimum atomic E-state index is -0.867. The number of carbonyl (C=O) groups is 2. The number of aromatic nitrogens is 1. The zero-order chi connectivity index (χ0) is 43.1. The highest BCUT2D eigenvalue weighted by molar-refractivity contribution is 5.99. The molecule has 0 amide bonds. The van der Waals surface area contributed by atoms with Crippen LogP contribution in [0, 0.1) is 48.2 Å². The Hall–Kier alpha value is -4.31. The van der Waals surface area contributed by atoms with E-state index in [1.165, 1.54) is 57.4 Å². The second-order valence-electron chi connectivity index (χ2n) is 16.6. The Kier molecular flexibility index (Phi) is 22.9. The van der Waals surface area contributed by atoms with Gasteiger partial charge in [-0.05, 0) is 125 Å². The van der Waals surface area contributed by atoms with Crippen molar-refractivity contribution in [2.75, 3.05) is 0 Å². The monoisotopic (exact) mass is 797 g/mol. The Balaban J connectivity index is 0.000000308. The van der Waals surface area contributed by atoms with Crippen molar-refractivity contribution in [2.45, 2.75) is 171 Å². The summed E-state index contributed by atoms with van der Waals surface area (Å²) in [6.07, 6.45) is 19.7. The quantitative estimate of drug-likeness (QED) is 0.0958. The standard InChI is InChI=1S/C23H28FNO2.C10H20.C9H15N.C9H10O2/c1-3-6-16(7-4-2)21-8-5-9-22(25-21)27-15-19-13-12-18(14-20(19)24)23(26)17-10-11-17;1-5-7-10(4)8-9(3)6-2;1-2-3-4-9(5-6-9)7-8-10;1-6-3-4-8(9(10)11)5-7(6)2/h5,8-9,12-14,16-17H,3-4,6-7,10-11,15H2,1-2H3;7,9H,5-6,8H2,1-4H3;2-7H2,1H3;3-5H,1-2H3,(H,10,11)/b;10-7-;;. The summed E-state index contributed by atoms with van der Waals surface area (Å²) in [5.74, 6) is 0.699. The first-order chi connectivity index (χ1) is 27.8. The highest BCUT2D eigenvalue weighted by Gasteiger charge is 2.41. The molecule has 2 aromatic carbocycles. The number of pyridine rings is 1. The van der Waals surface area contributed by atoms with E-state index >= 15 is 0 Å². The topological polar surface area (TPSA) is 100 Å². The van der Waals surface area contributed by atoms with Crippen LogP contribution in [0.5, 0.6) is 5.88 Å². The van der Waals surface area contributed by atoms with Crippen LogP contribution in [0.1, 0.15) is 194 Å². The molecule has 0 saturated heterocycles. The summed E-state index contributed by atoms with van der Waals surface area (Å²) in [5.41, 5.74) is 6.48. The number of carboxylic acids is 1. The molecule has 2 aliphatic carbocycles. The minimum absolute atomic E-state index is 0.0497. The number of rotatable bonds is 19. The summed E-state index contributed by atoms with van der Waals surface area (Å²) in [6, 6.07) is 17.9. The number of carbonyl (C=O) groups excluding carboxylic acids is 1. The lowest BCUT2D eigenvalue weighted by Gasteiger charge is -2.16. The van der Waals surface area contributed by atoms with E-state index in [1.807, 2.05) is 32.0 Å². The van der Waals surface area contributed by atoms with Crippen molar-refractivity contribution in [3.8, 4) is 11.9 Å². The molecule has 6 nitrogen and oxygen atoms in total. The molecule has 2 aliphatic rings. The molecule has 3 aromatic rings. The maximum Gasteiger partial charge on any atom is 0.335 e. The second kappa shape index (κ2) is 26.6. The Morgan fingerprint density at radius 2 is 1.64 bits per heavy atom. The van der Waals surface area contributed by atoms with Gasteiger partial charge < -0.3 is 9.84 Å². The number of Topliss-reactive ketones (excluding diaryl/α,β-unsaturated/α-hetero) is 1. The van der Waals surface area contributed by atoms with E-state index in [-0.39, 0.29) is 18.3 Å². The van der Waals surface area contributed by atoms with E-state index in [1.54, 1.807) is 35.9 Å². The van der Waals surface area contributed by atoms with Gasteiger partial charge in [-0.15, -0.1) is 0 Å². The van der Waals surface area contributed by atoms with Gasteiger partial charge in [0.2, 0.25) is 5.88 Å². The number of ether oxygens (including phenoxy) is 1. The molecule has 0 radical (unpaired) electrons. The summed E-state index contributed by atoms with van der Waals surface area (Å²) in [4.78, 5) is 27.1. The average molecular weight is 797 g/mol. The predicted molar refractivity (Wildman–Crippen MR) is 237 cm³/mol.